The number of allylic oxidation sites excluding steroid dienone is 1. The molecule has 1 aliphatic rings. The van der Waals surface area contributed by atoms with Crippen LogP contribution in [-0.4, -0.2) is 11.3 Å². The minimum absolute atomic E-state index is 0.0556. The SMILES string of the molecule is C1=Cc2ccccc2NN=C1.NOc1ccccc1O. The van der Waals surface area contributed by atoms with E-state index in [2.05, 4.69) is 15.4 Å². The molecule has 0 radical (unpaired) electrons. The van der Waals surface area contributed by atoms with Crippen molar-refractivity contribution in [2.45, 2.75) is 0 Å². The monoisotopic (exact) mass is 269 g/mol. The van der Waals surface area contributed by atoms with E-state index in [-0.39, 0.29) is 11.5 Å². The average Bonchev–Trinajstić information content (AvgIpc) is 2.74. The lowest BCUT2D eigenvalue weighted by Crippen LogP contribution is -2.01. The molecule has 0 spiro atoms. The molecule has 1 aliphatic heterocycles. The fourth-order valence-electron chi connectivity index (χ4n) is 1.60. The zero-order chi connectivity index (χ0) is 14.2. The van der Waals surface area contributed by atoms with E-state index in [0.29, 0.717) is 0 Å². The average molecular weight is 269 g/mol. The molecule has 0 aromatic heterocycles. The summed E-state index contributed by atoms with van der Waals surface area (Å²) in [5, 5.41) is 12.9. The number of fused-ring (bicyclic) bond motifs is 1. The van der Waals surface area contributed by atoms with E-state index in [9.17, 15) is 0 Å². The van der Waals surface area contributed by atoms with Gasteiger partial charge in [0, 0.05) is 6.21 Å². The molecule has 0 fully saturated rings. The van der Waals surface area contributed by atoms with E-state index in [0.717, 1.165) is 5.69 Å². The first-order valence-electron chi connectivity index (χ1n) is 6.01. The number of benzene rings is 2. The van der Waals surface area contributed by atoms with E-state index in [4.69, 9.17) is 11.0 Å². The molecule has 3 rings (SSSR count). The lowest BCUT2D eigenvalue weighted by atomic mass is 10.2. The molecule has 102 valence electrons. The van der Waals surface area contributed by atoms with Crippen LogP contribution >= 0.6 is 0 Å². The Morgan fingerprint density at radius 3 is 2.55 bits per heavy atom. The summed E-state index contributed by atoms with van der Waals surface area (Å²) >= 11 is 0. The smallest absolute Gasteiger partial charge is 0.188 e. The van der Waals surface area contributed by atoms with Crippen LogP contribution in [-0.2, 0) is 0 Å². The Labute approximate surface area is 117 Å². The normalized spacial score (nSPS) is 11.4. The van der Waals surface area contributed by atoms with Crippen LogP contribution in [0, 0.1) is 0 Å². The van der Waals surface area contributed by atoms with Crippen LogP contribution in [0.2, 0.25) is 0 Å². The third-order valence-corrected chi connectivity index (χ3v) is 2.57. The highest BCUT2D eigenvalue weighted by Crippen LogP contribution is 2.22. The van der Waals surface area contributed by atoms with Gasteiger partial charge < -0.3 is 9.94 Å². The molecule has 5 heteroatoms. The number of hydrazone groups is 1. The Kier molecular flexibility index (Phi) is 4.75. The summed E-state index contributed by atoms with van der Waals surface area (Å²) in [6.07, 6.45) is 5.68. The Bertz CT molecular complexity index is 624. The minimum Gasteiger partial charge on any atom is -0.504 e. The Morgan fingerprint density at radius 1 is 1.05 bits per heavy atom. The van der Waals surface area contributed by atoms with Crippen molar-refractivity contribution in [1.29, 1.82) is 0 Å². The van der Waals surface area contributed by atoms with Crippen molar-refractivity contribution in [3.8, 4) is 11.5 Å². The lowest BCUT2D eigenvalue weighted by Gasteiger charge is -2.00. The summed E-state index contributed by atoms with van der Waals surface area (Å²) in [7, 11) is 0. The van der Waals surface area contributed by atoms with E-state index in [1.165, 1.54) is 11.6 Å². The van der Waals surface area contributed by atoms with Crippen LogP contribution in [0.1, 0.15) is 5.56 Å². The number of nitrogens with one attached hydrogen (secondary N) is 1. The van der Waals surface area contributed by atoms with Gasteiger partial charge in [0.2, 0.25) is 0 Å². The highest BCUT2D eigenvalue weighted by atomic mass is 16.6. The highest BCUT2D eigenvalue weighted by molar-refractivity contribution is 5.83. The summed E-state index contributed by atoms with van der Waals surface area (Å²) in [5.74, 6) is 5.14. The van der Waals surface area contributed by atoms with Gasteiger partial charge in [-0.05, 0) is 29.8 Å². The van der Waals surface area contributed by atoms with Gasteiger partial charge in [0.1, 0.15) is 0 Å². The van der Waals surface area contributed by atoms with Crippen molar-refractivity contribution in [1.82, 2.24) is 0 Å². The molecule has 2 aromatic carbocycles. The molecule has 0 bridgehead atoms. The predicted molar refractivity (Wildman–Crippen MR) is 80.5 cm³/mol. The van der Waals surface area contributed by atoms with Gasteiger partial charge >= 0.3 is 0 Å². The number of nitrogens with two attached hydrogens (primary N) is 1. The van der Waals surface area contributed by atoms with Crippen LogP contribution < -0.4 is 16.2 Å². The number of phenols is 1. The molecule has 5 nitrogen and oxygen atoms in total. The number of anilines is 1. The second-order valence-corrected chi connectivity index (χ2v) is 3.92. The van der Waals surface area contributed by atoms with E-state index < -0.39 is 0 Å². The summed E-state index contributed by atoms with van der Waals surface area (Å²) in [6.45, 7) is 0. The van der Waals surface area contributed by atoms with Crippen molar-refractivity contribution in [3.05, 3.63) is 60.2 Å². The molecule has 0 unspecified atom stereocenters. The fraction of sp³-hybridized carbons (Fsp3) is 0. The van der Waals surface area contributed by atoms with Crippen LogP contribution in [0.4, 0.5) is 5.69 Å². The van der Waals surface area contributed by atoms with Crippen LogP contribution in [0.5, 0.6) is 11.5 Å². The number of rotatable bonds is 1. The first kappa shape index (κ1) is 13.6. The van der Waals surface area contributed by atoms with Crippen molar-refractivity contribution in [2.24, 2.45) is 11.0 Å². The third-order valence-electron chi connectivity index (χ3n) is 2.57. The topological polar surface area (TPSA) is 79.9 Å². The predicted octanol–water partition coefficient (Wildman–Crippen LogP) is 2.76. The number of phenolic OH excluding ortho intramolecular Hbond substituents is 1. The molecule has 20 heavy (non-hydrogen) atoms. The summed E-state index contributed by atoms with van der Waals surface area (Å²) in [4.78, 5) is 4.29. The van der Waals surface area contributed by atoms with Gasteiger partial charge in [0.25, 0.3) is 0 Å². The van der Waals surface area contributed by atoms with Crippen molar-refractivity contribution in [2.75, 3.05) is 5.43 Å². The van der Waals surface area contributed by atoms with Crippen LogP contribution in [0.15, 0.2) is 59.7 Å². The molecule has 0 saturated carbocycles. The Morgan fingerprint density at radius 2 is 1.80 bits per heavy atom. The number of nitrogens with zero attached hydrogens (tertiary/aromatic N) is 1. The zero-order valence-electron chi connectivity index (χ0n) is 10.7. The van der Waals surface area contributed by atoms with Crippen molar-refractivity contribution in [3.63, 3.8) is 0 Å². The highest BCUT2D eigenvalue weighted by Gasteiger charge is 1.96. The van der Waals surface area contributed by atoms with Gasteiger partial charge in [-0.3, -0.25) is 5.43 Å². The molecule has 2 aromatic rings. The molecule has 0 aliphatic carbocycles. The molecule has 0 atom stereocenters. The standard InChI is InChI=1S/C9H8N2.C6H7NO2/c1-2-6-9-8(4-1)5-3-7-10-11-9;7-9-6-4-2-1-3-5(6)8/h1-7,11H;1-4,8H,7H2. The van der Waals surface area contributed by atoms with Gasteiger partial charge in [0.05, 0.1) is 5.69 Å². The minimum atomic E-state index is 0.0556. The van der Waals surface area contributed by atoms with Gasteiger partial charge in [-0.2, -0.15) is 11.0 Å². The molecule has 0 amide bonds. The van der Waals surface area contributed by atoms with E-state index in [1.54, 1.807) is 24.4 Å². The largest absolute Gasteiger partial charge is 0.504 e. The lowest BCUT2D eigenvalue weighted by molar-refractivity contribution is 0.313. The molecular formula is C15H15N3O2. The second kappa shape index (κ2) is 6.96. The van der Waals surface area contributed by atoms with Gasteiger partial charge in [-0.25, -0.2) is 0 Å². The van der Waals surface area contributed by atoms with Crippen molar-refractivity contribution < 1.29 is 9.94 Å². The first-order chi connectivity index (χ1) is 9.81. The fourth-order valence-corrected chi connectivity index (χ4v) is 1.60. The number of hydrogen-bond donors (Lipinski definition) is 3. The maximum atomic E-state index is 8.91. The molecule has 1 heterocycles. The van der Waals surface area contributed by atoms with Gasteiger partial charge in [0.15, 0.2) is 11.5 Å². The first-order valence-corrected chi connectivity index (χ1v) is 6.01. The molecule has 0 saturated heterocycles. The summed E-state index contributed by atoms with van der Waals surface area (Å²) in [5.41, 5.74) is 5.16. The summed E-state index contributed by atoms with van der Waals surface area (Å²) < 4.78 is 0. The Balaban J connectivity index is 0.000000151. The van der Waals surface area contributed by atoms with E-state index in [1.807, 2.05) is 36.4 Å². The third kappa shape index (κ3) is 3.60. The van der Waals surface area contributed by atoms with Crippen molar-refractivity contribution >= 4 is 18.0 Å². The number of hydrogen-bond acceptors (Lipinski definition) is 5. The maximum absolute atomic E-state index is 8.91. The number of aromatic hydroxyl groups is 1. The van der Waals surface area contributed by atoms with Crippen LogP contribution in [0.25, 0.3) is 6.08 Å². The van der Waals surface area contributed by atoms with E-state index >= 15 is 0 Å². The number of para-hydroxylation sites is 3. The maximum Gasteiger partial charge on any atom is 0.188 e. The molecular weight excluding hydrogens is 254 g/mol. The molecule has 4 N–H and O–H groups in total. The van der Waals surface area contributed by atoms with Gasteiger partial charge in [-0.15, -0.1) is 0 Å². The second-order valence-electron chi connectivity index (χ2n) is 3.92. The Hall–Kier alpha value is -2.79. The summed E-state index contributed by atoms with van der Waals surface area (Å²) in [6, 6.07) is 14.5. The quantitative estimate of drug-likeness (QED) is 0.695. The van der Waals surface area contributed by atoms with Gasteiger partial charge in [-0.1, -0.05) is 36.4 Å². The zero-order valence-corrected chi connectivity index (χ0v) is 10.7. The van der Waals surface area contributed by atoms with Crippen LogP contribution in [0.3, 0.4) is 0 Å².